The number of ether oxygens (including phenoxy) is 2. The average Bonchev–Trinajstić information content (AvgIpc) is 2.96. The molecule has 0 radical (unpaired) electrons. The molecular weight excluding hydrogens is 823 g/mol. The van der Waals surface area contributed by atoms with Crippen molar-refractivity contribution in [3.8, 4) is 0 Å². The highest BCUT2D eigenvalue weighted by Gasteiger charge is 2.26. The molecule has 14 heteroatoms. The van der Waals surface area contributed by atoms with Gasteiger partial charge in [0.1, 0.15) is 28.6 Å². The topological polar surface area (TPSA) is 115 Å². The molecule has 0 fully saturated rings. The molecule has 1 atom stereocenters. The third-order valence-electron chi connectivity index (χ3n) is 6.27. The summed E-state index contributed by atoms with van der Waals surface area (Å²) in [6.45, 7) is 7.07. The molecule has 0 saturated carbocycles. The monoisotopic (exact) mass is 856 g/mol. The molecule has 0 aliphatic rings. The first-order valence-electron chi connectivity index (χ1n) is 13.7. The van der Waals surface area contributed by atoms with Crippen LogP contribution in [-0.2, 0) is 14.3 Å². The van der Waals surface area contributed by atoms with Gasteiger partial charge in [-0.25, -0.2) is 22.8 Å². The number of pyridine rings is 1. The predicted octanol–water partition coefficient (Wildman–Crippen LogP) is 5.87. The first kappa shape index (κ1) is 38.2. The van der Waals surface area contributed by atoms with Crippen LogP contribution in [0.25, 0.3) is 10.9 Å². The first-order valence-corrected chi connectivity index (χ1v) is 15.8. The van der Waals surface area contributed by atoms with E-state index in [-0.39, 0.29) is 55.0 Å². The number of carbonyl (C=O) groups excluding carboxylic acids is 3. The van der Waals surface area contributed by atoms with Crippen molar-refractivity contribution < 1.29 is 42.1 Å². The Bertz CT molecular complexity index is 1670. The second-order valence-electron chi connectivity index (χ2n) is 10.1. The van der Waals surface area contributed by atoms with Gasteiger partial charge >= 0.3 is 11.9 Å². The van der Waals surface area contributed by atoms with E-state index in [0.717, 1.165) is 6.07 Å². The van der Waals surface area contributed by atoms with E-state index < -0.39 is 46.6 Å². The van der Waals surface area contributed by atoms with Gasteiger partial charge in [-0.05, 0) is 83.1 Å². The summed E-state index contributed by atoms with van der Waals surface area (Å²) in [5.74, 6) is -4.66. The molecule has 0 spiro atoms. The quantitative estimate of drug-likeness (QED) is 0.0513. The van der Waals surface area contributed by atoms with Crippen LogP contribution in [0.1, 0.15) is 54.5 Å². The summed E-state index contributed by atoms with van der Waals surface area (Å²) in [6.07, 6.45) is 2.60. The molecule has 3 aromatic rings. The number of benzene rings is 2. The Morgan fingerprint density at radius 3 is 2.04 bits per heavy atom. The standard InChI is InChI=1S/C17H19FINO4.C14H14F2INO3/c1-4-24-17(23)11-7-20(15(8-21)9(2)3)14-6-12(18)13(19)5-10(14)16(11)22;1-4-21-14(20)9(7-18(2)3)13(19)8-5-12(17)11(16)6-10(8)15/h5-7,9,15,21H,4,8H2,1-3H3;5-7H,4H2,1-3H3/b;9-7-/t15-;/m0./s1. The molecule has 45 heavy (non-hydrogen) atoms. The van der Waals surface area contributed by atoms with Gasteiger partial charge in [0.25, 0.3) is 0 Å². The maximum Gasteiger partial charge on any atom is 0.343 e. The van der Waals surface area contributed by atoms with Crippen LogP contribution in [0.4, 0.5) is 13.2 Å². The molecule has 0 saturated heterocycles. The number of hydrogen-bond acceptors (Lipinski definition) is 8. The van der Waals surface area contributed by atoms with Crippen molar-refractivity contribution in [3.63, 3.8) is 0 Å². The summed E-state index contributed by atoms with van der Waals surface area (Å²) in [4.78, 5) is 50.4. The van der Waals surface area contributed by atoms with Crippen molar-refractivity contribution in [1.29, 1.82) is 0 Å². The molecule has 0 bridgehead atoms. The number of Topliss-reactive ketones (excluding diaryl/α,β-unsaturated/α-hetero) is 1. The van der Waals surface area contributed by atoms with Gasteiger partial charge in [-0.1, -0.05) is 13.8 Å². The zero-order valence-electron chi connectivity index (χ0n) is 25.4. The lowest BCUT2D eigenvalue weighted by Crippen LogP contribution is -2.26. The van der Waals surface area contributed by atoms with Crippen molar-refractivity contribution in [3.05, 3.63) is 88.2 Å². The average molecular weight is 856 g/mol. The number of halogens is 5. The number of aliphatic hydroxyl groups excluding tert-OH is 1. The molecule has 0 aliphatic heterocycles. The SMILES string of the molecule is CCOC(=O)/C(=C\N(C)C)C(=O)c1cc(I)c(F)cc1F.CCOC(=O)c1cn([C@@H](CO)C(C)C)c2cc(F)c(I)cc2c1=O. The number of hydrogen-bond donors (Lipinski definition) is 1. The fourth-order valence-electron chi connectivity index (χ4n) is 4.11. The number of aromatic nitrogens is 1. The first-order chi connectivity index (χ1) is 21.1. The smallest absolute Gasteiger partial charge is 0.343 e. The Morgan fingerprint density at radius 2 is 1.51 bits per heavy atom. The third-order valence-corrected chi connectivity index (χ3v) is 7.92. The maximum atomic E-state index is 14.0. The zero-order valence-corrected chi connectivity index (χ0v) is 29.7. The van der Waals surface area contributed by atoms with E-state index in [0.29, 0.717) is 11.6 Å². The van der Waals surface area contributed by atoms with E-state index in [1.807, 2.05) is 13.8 Å². The predicted molar refractivity (Wildman–Crippen MR) is 180 cm³/mol. The molecule has 1 heterocycles. The number of esters is 2. The van der Waals surface area contributed by atoms with Crippen LogP contribution in [0.5, 0.6) is 0 Å². The Hall–Kier alpha value is -2.99. The number of aliphatic hydroxyl groups is 1. The fourth-order valence-corrected chi connectivity index (χ4v) is 5.04. The van der Waals surface area contributed by atoms with Crippen LogP contribution in [0, 0.1) is 30.5 Å². The number of nitrogens with zero attached hydrogens (tertiary/aromatic N) is 2. The van der Waals surface area contributed by atoms with Crippen molar-refractivity contribution in [1.82, 2.24) is 9.47 Å². The van der Waals surface area contributed by atoms with Gasteiger partial charge in [-0.15, -0.1) is 0 Å². The van der Waals surface area contributed by atoms with E-state index in [9.17, 15) is 37.5 Å². The molecule has 3 rings (SSSR count). The van der Waals surface area contributed by atoms with Crippen LogP contribution in [0.3, 0.4) is 0 Å². The third kappa shape index (κ3) is 9.51. The Kier molecular flexibility index (Phi) is 14.5. The van der Waals surface area contributed by atoms with Gasteiger partial charge in [0, 0.05) is 45.1 Å². The van der Waals surface area contributed by atoms with Crippen molar-refractivity contribution in [2.24, 2.45) is 5.92 Å². The number of rotatable bonds is 10. The zero-order chi connectivity index (χ0) is 34.2. The van der Waals surface area contributed by atoms with Crippen molar-refractivity contribution in [2.75, 3.05) is 33.9 Å². The van der Waals surface area contributed by atoms with E-state index >= 15 is 0 Å². The Labute approximate surface area is 285 Å². The molecule has 9 nitrogen and oxygen atoms in total. The summed E-state index contributed by atoms with van der Waals surface area (Å²) < 4.78 is 52.7. The van der Waals surface area contributed by atoms with E-state index in [2.05, 4.69) is 0 Å². The number of carbonyl (C=O) groups is 3. The second-order valence-corrected chi connectivity index (χ2v) is 12.4. The Balaban J connectivity index is 0.000000317. The Morgan fingerprint density at radius 1 is 0.933 bits per heavy atom. The summed E-state index contributed by atoms with van der Waals surface area (Å²) in [6, 6.07) is 3.96. The van der Waals surface area contributed by atoms with E-state index in [1.54, 1.807) is 77.7 Å². The molecule has 0 aliphatic carbocycles. The molecule has 244 valence electrons. The normalized spacial score (nSPS) is 12.0. The summed E-state index contributed by atoms with van der Waals surface area (Å²) in [5, 5.41) is 9.95. The van der Waals surface area contributed by atoms with Gasteiger partial charge in [0.2, 0.25) is 11.2 Å². The molecule has 0 unspecified atom stereocenters. The highest BCUT2D eigenvalue weighted by atomic mass is 127. The van der Waals surface area contributed by atoms with Crippen LogP contribution in [0.2, 0.25) is 0 Å². The fraction of sp³-hybridized carbons (Fsp3) is 0.355. The molecule has 1 aromatic heterocycles. The summed E-state index contributed by atoms with van der Waals surface area (Å²) in [7, 11) is 3.22. The maximum absolute atomic E-state index is 14.0. The van der Waals surface area contributed by atoms with Crippen LogP contribution in [-0.4, -0.2) is 66.2 Å². The van der Waals surface area contributed by atoms with Crippen LogP contribution >= 0.6 is 45.2 Å². The lowest BCUT2D eigenvalue weighted by atomic mass is 10.0. The van der Waals surface area contributed by atoms with Crippen molar-refractivity contribution >= 4 is 73.8 Å². The lowest BCUT2D eigenvalue weighted by Gasteiger charge is -2.25. The largest absolute Gasteiger partial charge is 0.462 e. The van der Waals surface area contributed by atoms with Gasteiger partial charge < -0.3 is 24.0 Å². The summed E-state index contributed by atoms with van der Waals surface area (Å²) in [5.41, 5.74) is -0.965. The van der Waals surface area contributed by atoms with Crippen LogP contribution < -0.4 is 5.43 Å². The van der Waals surface area contributed by atoms with E-state index in [4.69, 9.17) is 9.47 Å². The van der Waals surface area contributed by atoms with E-state index in [1.165, 1.54) is 29.4 Å². The minimum atomic E-state index is -1.02. The molecule has 0 amide bonds. The van der Waals surface area contributed by atoms with Gasteiger partial charge in [0.05, 0.1) is 36.9 Å². The van der Waals surface area contributed by atoms with Gasteiger partial charge in [-0.2, -0.15) is 0 Å². The van der Waals surface area contributed by atoms with Crippen molar-refractivity contribution in [2.45, 2.75) is 33.7 Å². The van der Waals surface area contributed by atoms with Gasteiger partial charge in [-0.3, -0.25) is 9.59 Å². The second kappa shape index (κ2) is 17.1. The number of ketones is 1. The highest BCUT2D eigenvalue weighted by Crippen LogP contribution is 2.26. The van der Waals surface area contributed by atoms with Crippen LogP contribution in [0.15, 0.2) is 47.0 Å². The highest BCUT2D eigenvalue weighted by molar-refractivity contribution is 14.1. The molecule has 1 N–H and O–H groups in total. The minimum Gasteiger partial charge on any atom is -0.462 e. The molecular formula is C31H33F3I2N2O7. The minimum absolute atomic E-state index is 0.0121. The van der Waals surface area contributed by atoms with Gasteiger partial charge in [0.15, 0.2) is 0 Å². The lowest BCUT2D eigenvalue weighted by molar-refractivity contribution is -0.138. The summed E-state index contributed by atoms with van der Waals surface area (Å²) >= 11 is 3.44. The molecule has 2 aromatic carbocycles. The number of fused-ring (bicyclic) bond motifs is 1.